The summed E-state index contributed by atoms with van der Waals surface area (Å²) in [6, 6.07) is 8.44. The molecule has 104 valence electrons. The van der Waals surface area contributed by atoms with E-state index in [4.69, 9.17) is 10.3 Å². The molecule has 2 atom stereocenters. The molecule has 3 nitrogen and oxygen atoms in total. The molecule has 0 amide bonds. The average molecular weight is 285 g/mol. The van der Waals surface area contributed by atoms with Crippen molar-refractivity contribution in [3.63, 3.8) is 0 Å². The highest BCUT2D eigenvalue weighted by molar-refractivity contribution is 8.14. The Morgan fingerprint density at radius 1 is 1.35 bits per heavy atom. The van der Waals surface area contributed by atoms with Crippen LogP contribution in [0.1, 0.15) is 36.8 Å². The zero-order valence-electron chi connectivity index (χ0n) is 11.7. The number of hydrogen-bond acceptors (Lipinski definition) is 4. The molecule has 0 radical (unpaired) electrons. The van der Waals surface area contributed by atoms with Crippen LogP contribution >= 0.6 is 11.8 Å². The van der Waals surface area contributed by atoms with Gasteiger partial charge >= 0.3 is 0 Å². The summed E-state index contributed by atoms with van der Waals surface area (Å²) in [5, 5.41) is 13.4. The molecule has 1 saturated carbocycles. The maximum absolute atomic E-state index is 9.00. The molecule has 1 aliphatic heterocycles. The number of benzene rings is 1. The highest BCUT2D eigenvalue weighted by Crippen LogP contribution is 2.34. The van der Waals surface area contributed by atoms with Gasteiger partial charge in [-0.3, -0.25) is 4.99 Å². The lowest BCUT2D eigenvalue weighted by Gasteiger charge is -2.32. The van der Waals surface area contributed by atoms with E-state index in [0.29, 0.717) is 11.6 Å². The molecule has 1 aromatic rings. The minimum absolute atomic E-state index is 0.506. The molecule has 1 aliphatic carbocycles. The van der Waals surface area contributed by atoms with E-state index < -0.39 is 0 Å². The topological polar surface area (TPSA) is 48.2 Å². The Kier molecular flexibility index (Phi) is 3.98. The fourth-order valence-corrected chi connectivity index (χ4v) is 4.09. The SMILES string of the molecule is Cc1ccc(C#N)cc1NC1=NC2CCCCC2CS1. The number of thioether (sulfide) groups is 1. The molecule has 0 bridgehead atoms. The summed E-state index contributed by atoms with van der Waals surface area (Å²) < 4.78 is 0. The second-order valence-corrected chi connectivity index (χ2v) is 6.63. The molecule has 1 aromatic carbocycles. The van der Waals surface area contributed by atoms with Crippen molar-refractivity contribution in [2.24, 2.45) is 10.9 Å². The standard InChI is InChI=1S/C16H19N3S/c1-11-6-7-12(9-17)8-15(11)19-16-18-14-5-3-2-4-13(14)10-20-16/h6-8,13-14H,2-5,10H2,1H3,(H,18,19). The van der Waals surface area contributed by atoms with Crippen LogP contribution in [-0.2, 0) is 0 Å². The van der Waals surface area contributed by atoms with Crippen molar-refractivity contribution in [2.75, 3.05) is 11.1 Å². The first-order valence-corrected chi connectivity index (χ1v) is 8.23. The van der Waals surface area contributed by atoms with Crippen molar-refractivity contribution >= 4 is 22.6 Å². The number of nitrogens with one attached hydrogen (secondary N) is 1. The van der Waals surface area contributed by atoms with Crippen molar-refractivity contribution in [2.45, 2.75) is 38.6 Å². The van der Waals surface area contributed by atoms with Crippen LogP contribution in [0.2, 0.25) is 0 Å². The Balaban J connectivity index is 1.78. The van der Waals surface area contributed by atoms with E-state index in [1.54, 1.807) is 0 Å². The first-order chi connectivity index (χ1) is 9.76. The van der Waals surface area contributed by atoms with Gasteiger partial charge in [0.15, 0.2) is 5.17 Å². The minimum atomic E-state index is 0.506. The van der Waals surface area contributed by atoms with Crippen LogP contribution in [0.4, 0.5) is 5.69 Å². The van der Waals surface area contributed by atoms with Crippen molar-refractivity contribution in [3.8, 4) is 6.07 Å². The third-order valence-corrected chi connectivity index (χ3v) is 5.27. The lowest BCUT2D eigenvalue weighted by molar-refractivity contribution is 0.336. The highest BCUT2D eigenvalue weighted by Gasteiger charge is 2.29. The number of anilines is 1. The van der Waals surface area contributed by atoms with Gasteiger partial charge in [0, 0.05) is 11.4 Å². The Hall–Kier alpha value is -1.47. The van der Waals surface area contributed by atoms with Crippen molar-refractivity contribution in [1.29, 1.82) is 5.26 Å². The van der Waals surface area contributed by atoms with Gasteiger partial charge in [-0.25, -0.2) is 0 Å². The maximum atomic E-state index is 9.00. The summed E-state index contributed by atoms with van der Waals surface area (Å²) in [5.41, 5.74) is 2.85. The Morgan fingerprint density at radius 2 is 2.20 bits per heavy atom. The van der Waals surface area contributed by atoms with E-state index in [9.17, 15) is 0 Å². The monoisotopic (exact) mass is 285 g/mol. The molecule has 3 rings (SSSR count). The summed E-state index contributed by atoms with van der Waals surface area (Å²) in [4.78, 5) is 4.88. The molecule has 2 aliphatic rings. The first-order valence-electron chi connectivity index (χ1n) is 7.24. The molecule has 1 N–H and O–H groups in total. The van der Waals surface area contributed by atoms with Gasteiger partial charge in [-0.2, -0.15) is 5.26 Å². The fraction of sp³-hybridized carbons (Fsp3) is 0.500. The quantitative estimate of drug-likeness (QED) is 0.850. The first kappa shape index (κ1) is 13.5. The van der Waals surface area contributed by atoms with Gasteiger partial charge in [0.25, 0.3) is 0 Å². The number of hydrogen-bond donors (Lipinski definition) is 1. The molecule has 0 aromatic heterocycles. The largest absolute Gasteiger partial charge is 0.335 e. The summed E-state index contributed by atoms with van der Waals surface area (Å²) in [6.45, 7) is 2.06. The Labute approximate surface area is 124 Å². The third-order valence-electron chi connectivity index (χ3n) is 4.19. The van der Waals surface area contributed by atoms with Crippen LogP contribution in [0.5, 0.6) is 0 Å². The van der Waals surface area contributed by atoms with E-state index in [1.807, 2.05) is 30.0 Å². The second-order valence-electron chi connectivity index (χ2n) is 5.62. The number of nitriles is 1. The van der Waals surface area contributed by atoms with Gasteiger partial charge in [0.2, 0.25) is 0 Å². The molecular formula is C16H19N3S. The van der Waals surface area contributed by atoms with Crippen molar-refractivity contribution in [1.82, 2.24) is 0 Å². The molecule has 1 fully saturated rings. The van der Waals surface area contributed by atoms with E-state index >= 15 is 0 Å². The third kappa shape index (κ3) is 2.83. The second kappa shape index (κ2) is 5.88. The summed E-state index contributed by atoms with van der Waals surface area (Å²) >= 11 is 1.82. The van der Waals surface area contributed by atoms with Gasteiger partial charge in [-0.1, -0.05) is 30.7 Å². The minimum Gasteiger partial charge on any atom is -0.335 e. The molecule has 20 heavy (non-hydrogen) atoms. The number of nitrogens with zero attached hydrogens (tertiary/aromatic N) is 2. The average Bonchev–Trinajstić information content (AvgIpc) is 2.49. The van der Waals surface area contributed by atoms with Gasteiger partial charge < -0.3 is 5.32 Å². The van der Waals surface area contributed by atoms with Crippen LogP contribution in [0.15, 0.2) is 23.2 Å². The number of aliphatic imine (C=N–C) groups is 1. The number of aryl methyl sites for hydroxylation is 1. The van der Waals surface area contributed by atoms with Gasteiger partial charge in [-0.15, -0.1) is 0 Å². The molecular weight excluding hydrogens is 266 g/mol. The highest BCUT2D eigenvalue weighted by atomic mass is 32.2. The van der Waals surface area contributed by atoms with Crippen molar-refractivity contribution < 1.29 is 0 Å². The summed E-state index contributed by atoms with van der Waals surface area (Å²) in [6.07, 6.45) is 5.24. The van der Waals surface area contributed by atoms with Gasteiger partial charge in [0.1, 0.15) is 0 Å². The van der Waals surface area contributed by atoms with E-state index in [2.05, 4.69) is 18.3 Å². The number of fused-ring (bicyclic) bond motifs is 1. The predicted octanol–water partition coefficient (Wildman–Crippen LogP) is 3.94. The molecule has 0 spiro atoms. The Bertz CT molecular complexity index is 574. The van der Waals surface area contributed by atoms with Gasteiger partial charge in [0.05, 0.1) is 17.7 Å². The number of rotatable bonds is 1. The van der Waals surface area contributed by atoms with Crippen LogP contribution in [0.3, 0.4) is 0 Å². The predicted molar refractivity (Wildman–Crippen MR) is 85.2 cm³/mol. The van der Waals surface area contributed by atoms with E-state index in [1.165, 1.54) is 31.4 Å². The fourth-order valence-electron chi connectivity index (χ4n) is 2.94. The summed E-state index contributed by atoms with van der Waals surface area (Å²) in [5.74, 6) is 1.94. The molecule has 2 unspecified atom stereocenters. The maximum Gasteiger partial charge on any atom is 0.161 e. The van der Waals surface area contributed by atoms with Crippen LogP contribution < -0.4 is 5.32 Å². The lowest BCUT2D eigenvalue weighted by Crippen LogP contribution is -2.31. The van der Waals surface area contributed by atoms with Crippen LogP contribution in [0, 0.1) is 24.2 Å². The molecule has 0 saturated heterocycles. The zero-order valence-corrected chi connectivity index (χ0v) is 12.5. The smallest absolute Gasteiger partial charge is 0.161 e. The lowest BCUT2D eigenvalue weighted by atomic mass is 9.86. The van der Waals surface area contributed by atoms with E-state index in [0.717, 1.165) is 22.3 Å². The van der Waals surface area contributed by atoms with E-state index in [-0.39, 0.29) is 0 Å². The zero-order chi connectivity index (χ0) is 13.9. The number of amidine groups is 1. The van der Waals surface area contributed by atoms with Crippen molar-refractivity contribution in [3.05, 3.63) is 29.3 Å². The van der Waals surface area contributed by atoms with Crippen LogP contribution in [0.25, 0.3) is 0 Å². The summed E-state index contributed by atoms with van der Waals surface area (Å²) in [7, 11) is 0. The van der Waals surface area contributed by atoms with Gasteiger partial charge in [-0.05, 0) is 43.4 Å². The molecule has 1 heterocycles. The van der Waals surface area contributed by atoms with Crippen LogP contribution in [-0.4, -0.2) is 17.0 Å². The molecule has 4 heteroatoms. The Morgan fingerprint density at radius 3 is 3.05 bits per heavy atom. The normalized spacial score (nSPS) is 25.3.